The molecule has 1 aliphatic rings. The topological polar surface area (TPSA) is 47.8 Å². The monoisotopic (exact) mass is 275 g/mol. The lowest BCUT2D eigenvalue weighted by atomic mass is 9.99. The Morgan fingerprint density at radius 3 is 2.79 bits per heavy atom. The summed E-state index contributed by atoms with van der Waals surface area (Å²) in [5.41, 5.74) is 1.28. The van der Waals surface area contributed by atoms with Crippen LogP contribution in [-0.4, -0.2) is 14.5 Å². The van der Waals surface area contributed by atoms with Gasteiger partial charge in [0.1, 0.15) is 11.6 Å². The summed E-state index contributed by atoms with van der Waals surface area (Å²) < 4.78 is 1.66. The van der Waals surface area contributed by atoms with Crippen LogP contribution in [0.5, 0.6) is 0 Å². The summed E-state index contributed by atoms with van der Waals surface area (Å²) in [6.45, 7) is 4.22. The van der Waals surface area contributed by atoms with Crippen LogP contribution in [0.3, 0.4) is 0 Å². The van der Waals surface area contributed by atoms with Crippen molar-refractivity contribution in [2.24, 2.45) is 0 Å². The molecule has 3 rings (SSSR count). The first kappa shape index (κ1) is 12.5. The number of fused-ring (bicyclic) bond motifs is 1. The standard InChI is InChI=1S/C14H17N3OS/c1-9-15-10(2)17(14(18)16-9)8-12-7-11-5-3-4-6-13(11)19-12/h7H,3-6,8H2,1-2H3. The molecule has 0 N–H and O–H groups in total. The highest BCUT2D eigenvalue weighted by atomic mass is 32.1. The third-order valence-corrected chi connectivity index (χ3v) is 4.79. The molecule has 0 fully saturated rings. The minimum atomic E-state index is -0.198. The SMILES string of the molecule is Cc1nc(C)n(Cc2cc3c(s2)CCCC3)c(=O)n1. The summed E-state index contributed by atoms with van der Waals surface area (Å²) in [6.07, 6.45) is 4.96. The van der Waals surface area contributed by atoms with Gasteiger partial charge in [-0.1, -0.05) is 0 Å². The molecular formula is C14H17N3OS. The van der Waals surface area contributed by atoms with Crippen LogP contribution in [0.15, 0.2) is 10.9 Å². The number of aromatic nitrogens is 3. The second-order valence-corrected chi connectivity index (χ2v) is 6.28. The minimum Gasteiger partial charge on any atom is -0.275 e. The molecule has 0 aliphatic heterocycles. The second-order valence-electron chi connectivity index (χ2n) is 5.05. The number of hydrogen-bond acceptors (Lipinski definition) is 4. The van der Waals surface area contributed by atoms with Crippen molar-refractivity contribution in [3.8, 4) is 0 Å². The highest BCUT2D eigenvalue weighted by Gasteiger charge is 2.14. The summed E-state index contributed by atoms with van der Waals surface area (Å²) in [5.74, 6) is 1.29. The maximum Gasteiger partial charge on any atom is 0.351 e. The van der Waals surface area contributed by atoms with Crippen LogP contribution in [0.1, 0.15) is 39.8 Å². The molecule has 0 saturated heterocycles. The second kappa shape index (κ2) is 4.89. The molecule has 4 nitrogen and oxygen atoms in total. The molecule has 0 atom stereocenters. The molecule has 2 heterocycles. The molecule has 0 saturated carbocycles. The van der Waals surface area contributed by atoms with E-state index in [9.17, 15) is 4.79 Å². The number of aryl methyl sites for hydroxylation is 4. The number of nitrogens with zero attached hydrogens (tertiary/aromatic N) is 3. The molecule has 19 heavy (non-hydrogen) atoms. The molecular weight excluding hydrogens is 258 g/mol. The van der Waals surface area contributed by atoms with Crippen LogP contribution in [-0.2, 0) is 19.4 Å². The predicted octanol–water partition coefficient (Wildman–Crippen LogP) is 2.24. The van der Waals surface area contributed by atoms with Gasteiger partial charge >= 0.3 is 5.69 Å². The number of rotatable bonds is 2. The fraction of sp³-hybridized carbons (Fsp3) is 0.500. The van der Waals surface area contributed by atoms with Crippen molar-refractivity contribution in [1.82, 2.24) is 14.5 Å². The van der Waals surface area contributed by atoms with Crippen LogP contribution in [0.2, 0.25) is 0 Å². The van der Waals surface area contributed by atoms with Gasteiger partial charge in [0.25, 0.3) is 0 Å². The van der Waals surface area contributed by atoms with Gasteiger partial charge in [0, 0.05) is 9.75 Å². The van der Waals surface area contributed by atoms with Crippen LogP contribution < -0.4 is 5.69 Å². The first-order chi connectivity index (χ1) is 9.13. The Bertz CT molecular complexity index is 648. The molecule has 0 spiro atoms. The Balaban J connectivity index is 1.93. The number of hydrogen-bond donors (Lipinski definition) is 0. The zero-order valence-electron chi connectivity index (χ0n) is 11.3. The van der Waals surface area contributed by atoms with Gasteiger partial charge in [-0.3, -0.25) is 4.57 Å². The quantitative estimate of drug-likeness (QED) is 0.844. The molecule has 0 aromatic carbocycles. The normalized spacial score (nSPS) is 14.4. The van der Waals surface area contributed by atoms with Gasteiger partial charge in [-0.15, -0.1) is 11.3 Å². The van der Waals surface area contributed by atoms with E-state index in [0.717, 1.165) is 5.82 Å². The molecule has 0 radical (unpaired) electrons. The van der Waals surface area contributed by atoms with E-state index in [2.05, 4.69) is 16.0 Å². The van der Waals surface area contributed by atoms with E-state index in [0.29, 0.717) is 12.4 Å². The molecule has 0 bridgehead atoms. The smallest absolute Gasteiger partial charge is 0.275 e. The van der Waals surface area contributed by atoms with Gasteiger partial charge in [-0.25, -0.2) is 9.78 Å². The van der Waals surface area contributed by atoms with Crippen molar-refractivity contribution in [2.75, 3.05) is 0 Å². The summed E-state index contributed by atoms with van der Waals surface area (Å²) in [6, 6.07) is 2.25. The maximum atomic E-state index is 11.9. The molecule has 0 amide bonds. The Morgan fingerprint density at radius 2 is 2.05 bits per heavy atom. The van der Waals surface area contributed by atoms with Crippen molar-refractivity contribution in [3.63, 3.8) is 0 Å². The van der Waals surface area contributed by atoms with Gasteiger partial charge in [-0.05, 0) is 51.2 Å². The molecule has 5 heteroatoms. The molecule has 2 aromatic rings. The van der Waals surface area contributed by atoms with Gasteiger partial charge < -0.3 is 0 Å². The lowest BCUT2D eigenvalue weighted by Crippen LogP contribution is -2.27. The fourth-order valence-electron chi connectivity index (χ4n) is 2.62. The van der Waals surface area contributed by atoms with E-state index in [1.165, 1.54) is 41.0 Å². The zero-order chi connectivity index (χ0) is 13.4. The van der Waals surface area contributed by atoms with Gasteiger partial charge in [0.15, 0.2) is 0 Å². The van der Waals surface area contributed by atoms with Crippen LogP contribution in [0.4, 0.5) is 0 Å². The van der Waals surface area contributed by atoms with Crippen LogP contribution in [0, 0.1) is 13.8 Å². The Hall–Kier alpha value is -1.49. The predicted molar refractivity (Wildman–Crippen MR) is 75.8 cm³/mol. The van der Waals surface area contributed by atoms with Crippen molar-refractivity contribution in [2.45, 2.75) is 46.1 Å². The first-order valence-electron chi connectivity index (χ1n) is 6.66. The van der Waals surface area contributed by atoms with Crippen LogP contribution >= 0.6 is 11.3 Å². The van der Waals surface area contributed by atoms with Crippen molar-refractivity contribution < 1.29 is 0 Å². The summed E-state index contributed by atoms with van der Waals surface area (Å²) in [7, 11) is 0. The average Bonchev–Trinajstić information content (AvgIpc) is 2.76. The lowest BCUT2D eigenvalue weighted by Gasteiger charge is -2.08. The minimum absolute atomic E-state index is 0.198. The largest absolute Gasteiger partial charge is 0.351 e. The van der Waals surface area contributed by atoms with Crippen molar-refractivity contribution in [1.29, 1.82) is 0 Å². The van der Waals surface area contributed by atoms with E-state index < -0.39 is 0 Å². The Labute approximate surface area is 116 Å². The van der Waals surface area contributed by atoms with Gasteiger partial charge in [0.05, 0.1) is 6.54 Å². The highest BCUT2D eigenvalue weighted by Crippen LogP contribution is 2.29. The Morgan fingerprint density at radius 1 is 1.26 bits per heavy atom. The van der Waals surface area contributed by atoms with Crippen molar-refractivity contribution in [3.05, 3.63) is 43.5 Å². The van der Waals surface area contributed by atoms with Crippen molar-refractivity contribution >= 4 is 11.3 Å². The van der Waals surface area contributed by atoms with E-state index in [4.69, 9.17) is 0 Å². The van der Waals surface area contributed by atoms with E-state index in [1.54, 1.807) is 11.5 Å². The molecule has 1 aliphatic carbocycles. The summed E-state index contributed by atoms with van der Waals surface area (Å²) >= 11 is 1.84. The van der Waals surface area contributed by atoms with E-state index in [-0.39, 0.29) is 5.69 Å². The summed E-state index contributed by atoms with van der Waals surface area (Å²) in [4.78, 5) is 22.8. The maximum absolute atomic E-state index is 11.9. The third-order valence-electron chi connectivity index (χ3n) is 3.56. The zero-order valence-corrected chi connectivity index (χ0v) is 12.1. The van der Waals surface area contributed by atoms with E-state index >= 15 is 0 Å². The third kappa shape index (κ3) is 2.47. The van der Waals surface area contributed by atoms with Gasteiger partial charge in [0.2, 0.25) is 0 Å². The Kier molecular flexibility index (Phi) is 3.22. The first-order valence-corrected chi connectivity index (χ1v) is 7.47. The highest BCUT2D eigenvalue weighted by molar-refractivity contribution is 7.12. The van der Waals surface area contributed by atoms with Crippen LogP contribution in [0.25, 0.3) is 0 Å². The fourth-order valence-corrected chi connectivity index (χ4v) is 3.87. The summed E-state index contributed by atoms with van der Waals surface area (Å²) in [5, 5.41) is 0. The number of thiophene rings is 1. The lowest BCUT2D eigenvalue weighted by molar-refractivity contribution is 0.660. The van der Waals surface area contributed by atoms with Gasteiger partial charge in [-0.2, -0.15) is 4.98 Å². The molecule has 2 aromatic heterocycles. The van der Waals surface area contributed by atoms with E-state index in [1.807, 2.05) is 18.3 Å². The molecule has 0 unspecified atom stereocenters. The molecule has 100 valence electrons. The average molecular weight is 275 g/mol.